The molecule has 1 aliphatic rings. The van der Waals surface area contributed by atoms with Crippen molar-refractivity contribution in [3.63, 3.8) is 0 Å². The maximum atomic E-state index is 12.1. The molecule has 22 heavy (non-hydrogen) atoms. The summed E-state index contributed by atoms with van der Waals surface area (Å²) in [6.07, 6.45) is 0.293. The van der Waals surface area contributed by atoms with Gasteiger partial charge in [0.05, 0.1) is 18.8 Å². The number of ether oxygens (including phenoxy) is 1. The van der Waals surface area contributed by atoms with Gasteiger partial charge in [0.1, 0.15) is 0 Å². The maximum absolute atomic E-state index is 12.1. The molecule has 2 atom stereocenters. The molecule has 120 valence electrons. The number of anilines is 2. The van der Waals surface area contributed by atoms with Gasteiger partial charge in [-0.05, 0) is 38.1 Å². The Morgan fingerprint density at radius 3 is 2.09 bits per heavy atom. The van der Waals surface area contributed by atoms with Gasteiger partial charge in [-0.15, -0.1) is 0 Å². The van der Waals surface area contributed by atoms with E-state index in [-0.39, 0.29) is 24.0 Å². The molecule has 2 N–H and O–H groups in total. The number of hydrogen-bond acceptors (Lipinski definition) is 4. The Kier molecular flexibility index (Phi) is 5.51. The van der Waals surface area contributed by atoms with Crippen molar-refractivity contribution in [3.8, 4) is 0 Å². The van der Waals surface area contributed by atoms with Crippen molar-refractivity contribution in [1.82, 2.24) is 4.90 Å². The number of nitrogens with one attached hydrogen (secondary N) is 2. The Hall–Kier alpha value is -1.92. The lowest BCUT2D eigenvalue weighted by Crippen LogP contribution is -2.48. The third-order valence-corrected chi connectivity index (χ3v) is 3.35. The van der Waals surface area contributed by atoms with Gasteiger partial charge in [-0.1, -0.05) is 0 Å². The first-order valence-electron chi connectivity index (χ1n) is 7.47. The Morgan fingerprint density at radius 2 is 1.59 bits per heavy atom. The summed E-state index contributed by atoms with van der Waals surface area (Å²) >= 11 is 0. The molecule has 1 fully saturated rings. The van der Waals surface area contributed by atoms with E-state index < -0.39 is 0 Å². The van der Waals surface area contributed by atoms with Crippen molar-refractivity contribution in [1.29, 1.82) is 0 Å². The van der Waals surface area contributed by atoms with E-state index in [2.05, 4.69) is 15.5 Å². The summed E-state index contributed by atoms with van der Waals surface area (Å²) in [5.41, 5.74) is 1.43. The highest BCUT2D eigenvalue weighted by atomic mass is 16.5. The summed E-state index contributed by atoms with van der Waals surface area (Å²) in [6, 6.07) is 7.06. The zero-order valence-electron chi connectivity index (χ0n) is 13.3. The summed E-state index contributed by atoms with van der Waals surface area (Å²) < 4.78 is 5.65. The average Bonchev–Trinajstić information content (AvgIpc) is 2.39. The predicted octanol–water partition coefficient (Wildman–Crippen LogP) is 1.69. The lowest BCUT2D eigenvalue weighted by molar-refractivity contribution is -0.121. The second-order valence-electron chi connectivity index (χ2n) is 5.76. The second kappa shape index (κ2) is 7.38. The van der Waals surface area contributed by atoms with Gasteiger partial charge in [0.15, 0.2) is 0 Å². The van der Waals surface area contributed by atoms with Crippen LogP contribution in [0.5, 0.6) is 0 Å². The number of nitrogens with zero attached hydrogens (tertiary/aromatic N) is 1. The molecule has 2 unspecified atom stereocenters. The van der Waals surface area contributed by atoms with Gasteiger partial charge >= 0.3 is 0 Å². The molecule has 0 bridgehead atoms. The van der Waals surface area contributed by atoms with Crippen LogP contribution in [-0.2, 0) is 14.3 Å². The zero-order chi connectivity index (χ0) is 16.1. The summed E-state index contributed by atoms with van der Waals surface area (Å²) in [5, 5.41) is 5.55. The minimum atomic E-state index is -0.118. The Balaban J connectivity index is 1.85. The average molecular weight is 305 g/mol. The molecule has 6 nitrogen and oxygen atoms in total. The van der Waals surface area contributed by atoms with E-state index >= 15 is 0 Å². The standard InChI is InChI=1S/C16H23N3O3/c1-11-8-19(9-12(2)22-11)10-16(21)18-15-6-4-14(5-7-15)17-13(3)20/h4-7,11-12H,8-10H2,1-3H3,(H,17,20)(H,18,21). The van der Waals surface area contributed by atoms with Crippen LogP contribution in [0.4, 0.5) is 11.4 Å². The van der Waals surface area contributed by atoms with Crippen LogP contribution in [0.25, 0.3) is 0 Å². The first kappa shape index (κ1) is 16.5. The Labute approximate surface area is 130 Å². The quantitative estimate of drug-likeness (QED) is 0.888. The minimum Gasteiger partial charge on any atom is -0.373 e. The van der Waals surface area contributed by atoms with Crippen molar-refractivity contribution in [2.45, 2.75) is 33.0 Å². The number of carbonyl (C=O) groups is 2. The molecule has 1 saturated heterocycles. The van der Waals surface area contributed by atoms with Gasteiger partial charge in [0, 0.05) is 31.4 Å². The molecule has 2 rings (SSSR count). The van der Waals surface area contributed by atoms with Gasteiger partial charge < -0.3 is 15.4 Å². The smallest absolute Gasteiger partial charge is 0.238 e. The number of morpholine rings is 1. The highest BCUT2D eigenvalue weighted by molar-refractivity contribution is 5.93. The van der Waals surface area contributed by atoms with Crippen LogP contribution in [0.15, 0.2) is 24.3 Å². The molecule has 1 heterocycles. The topological polar surface area (TPSA) is 70.7 Å². The van der Waals surface area contributed by atoms with Gasteiger partial charge in [0.2, 0.25) is 11.8 Å². The summed E-state index contributed by atoms with van der Waals surface area (Å²) in [6.45, 7) is 7.37. The van der Waals surface area contributed by atoms with E-state index in [1.54, 1.807) is 24.3 Å². The number of hydrogen-bond donors (Lipinski definition) is 2. The lowest BCUT2D eigenvalue weighted by Gasteiger charge is -2.34. The van der Waals surface area contributed by atoms with Crippen LogP contribution in [0.2, 0.25) is 0 Å². The fourth-order valence-electron chi connectivity index (χ4n) is 2.66. The Bertz CT molecular complexity index is 520. The molecule has 0 radical (unpaired) electrons. The molecule has 0 saturated carbocycles. The van der Waals surface area contributed by atoms with Crippen LogP contribution in [0.3, 0.4) is 0 Å². The molecular formula is C16H23N3O3. The van der Waals surface area contributed by atoms with Crippen LogP contribution in [-0.4, -0.2) is 48.6 Å². The van der Waals surface area contributed by atoms with Crippen LogP contribution in [0, 0.1) is 0 Å². The summed E-state index contributed by atoms with van der Waals surface area (Å²) in [5.74, 6) is -0.166. The lowest BCUT2D eigenvalue weighted by atomic mass is 10.2. The third kappa shape index (κ3) is 5.13. The zero-order valence-corrected chi connectivity index (χ0v) is 13.3. The van der Waals surface area contributed by atoms with E-state index in [9.17, 15) is 9.59 Å². The molecule has 0 aromatic heterocycles. The molecule has 2 amide bonds. The first-order valence-corrected chi connectivity index (χ1v) is 7.47. The molecule has 1 aromatic rings. The maximum Gasteiger partial charge on any atom is 0.238 e. The van der Waals surface area contributed by atoms with Crippen LogP contribution in [0.1, 0.15) is 20.8 Å². The van der Waals surface area contributed by atoms with Gasteiger partial charge in [-0.25, -0.2) is 0 Å². The normalized spacial score (nSPS) is 22.1. The number of benzene rings is 1. The molecule has 1 aliphatic heterocycles. The molecule has 0 aliphatic carbocycles. The number of carbonyl (C=O) groups excluding carboxylic acids is 2. The third-order valence-electron chi connectivity index (χ3n) is 3.35. The van der Waals surface area contributed by atoms with Crippen molar-refractivity contribution in [2.24, 2.45) is 0 Å². The van der Waals surface area contributed by atoms with Crippen molar-refractivity contribution in [3.05, 3.63) is 24.3 Å². The van der Waals surface area contributed by atoms with E-state index in [1.807, 2.05) is 13.8 Å². The van der Waals surface area contributed by atoms with Crippen molar-refractivity contribution in [2.75, 3.05) is 30.3 Å². The Morgan fingerprint density at radius 1 is 1.09 bits per heavy atom. The second-order valence-corrected chi connectivity index (χ2v) is 5.76. The molecule has 1 aromatic carbocycles. The van der Waals surface area contributed by atoms with Gasteiger partial charge in [0.25, 0.3) is 0 Å². The molecule has 6 heteroatoms. The van der Waals surface area contributed by atoms with Crippen molar-refractivity contribution >= 4 is 23.2 Å². The summed E-state index contributed by atoms with van der Waals surface area (Å²) in [4.78, 5) is 25.1. The molecular weight excluding hydrogens is 282 g/mol. The van der Waals surface area contributed by atoms with Gasteiger partial charge in [-0.3, -0.25) is 14.5 Å². The highest BCUT2D eigenvalue weighted by Gasteiger charge is 2.23. The van der Waals surface area contributed by atoms with Gasteiger partial charge in [-0.2, -0.15) is 0 Å². The number of rotatable bonds is 4. The monoisotopic (exact) mass is 305 g/mol. The number of amides is 2. The van der Waals surface area contributed by atoms with Crippen LogP contribution < -0.4 is 10.6 Å². The van der Waals surface area contributed by atoms with E-state index in [0.717, 1.165) is 13.1 Å². The fourth-order valence-corrected chi connectivity index (χ4v) is 2.66. The predicted molar refractivity (Wildman–Crippen MR) is 85.8 cm³/mol. The van der Waals surface area contributed by atoms with E-state index in [4.69, 9.17) is 4.74 Å². The fraction of sp³-hybridized carbons (Fsp3) is 0.500. The summed E-state index contributed by atoms with van der Waals surface area (Å²) in [7, 11) is 0. The van der Waals surface area contributed by atoms with Crippen molar-refractivity contribution < 1.29 is 14.3 Å². The largest absolute Gasteiger partial charge is 0.373 e. The SMILES string of the molecule is CC(=O)Nc1ccc(NC(=O)CN2CC(C)OC(C)C2)cc1. The van der Waals surface area contributed by atoms with Crippen LogP contribution >= 0.6 is 0 Å². The molecule has 0 spiro atoms. The minimum absolute atomic E-state index is 0.0476. The first-order chi connectivity index (χ1) is 10.4. The van der Waals surface area contributed by atoms with E-state index in [0.29, 0.717) is 17.9 Å². The van der Waals surface area contributed by atoms with E-state index in [1.165, 1.54) is 6.92 Å². The highest BCUT2D eigenvalue weighted by Crippen LogP contribution is 2.14.